The Kier molecular flexibility index (Phi) is 6.61. The highest BCUT2D eigenvalue weighted by Crippen LogP contribution is 2.35. The summed E-state index contributed by atoms with van der Waals surface area (Å²) in [5.41, 5.74) is 0.987. The maximum Gasteiger partial charge on any atom is 0.311 e. The summed E-state index contributed by atoms with van der Waals surface area (Å²) in [6.07, 6.45) is 5.79. The van der Waals surface area contributed by atoms with Crippen molar-refractivity contribution in [2.75, 3.05) is 7.11 Å². The van der Waals surface area contributed by atoms with Gasteiger partial charge in [-0.1, -0.05) is 57.0 Å². The molecule has 19 heavy (non-hydrogen) atoms. The molecule has 0 saturated heterocycles. The van der Waals surface area contributed by atoms with E-state index in [9.17, 15) is 4.79 Å². The van der Waals surface area contributed by atoms with Crippen LogP contribution in [0.4, 0.5) is 0 Å². The molecule has 0 saturated carbocycles. The van der Waals surface area contributed by atoms with Gasteiger partial charge in [0.25, 0.3) is 0 Å². The molecule has 0 aliphatic rings. The van der Waals surface area contributed by atoms with E-state index < -0.39 is 0 Å². The number of benzene rings is 1. The number of hydrogen-bond acceptors (Lipinski definition) is 2. The van der Waals surface area contributed by atoms with Gasteiger partial charge in [0.05, 0.1) is 12.5 Å². The SMILES string of the molecule is CCCCC(CC)(CCc1ccccc1)C(=O)OC. The van der Waals surface area contributed by atoms with Crippen LogP contribution in [0.25, 0.3) is 0 Å². The van der Waals surface area contributed by atoms with Crippen molar-refractivity contribution in [1.29, 1.82) is 0 Å². The van der Waals surface area contributed by atoms with Gasteiger partial charge in [0.1, 0.15) is 0 Å². The topological polar surface area (TPSA) is 26.3 Å². The van der Waals surface area contributed by atoms with Gasteiger partial charge in [-0.15, -0.1) is 0 Å². The number of methoxy groups -OCH3 is 1. The summed E-state index contributed by atoms with van der Waals surface area (Å²) >= 11 is 0. The molecule has 0 fully saturated rings. The van der Waals surface area contributed by atoms with E-state index in [1.807, 2.05) is 18.2 Å². The number of esters is 1. The smallest absolute Gasteiger partial charge is 0.311 e. The maximum atomic E-state index is 12.2. The molecule has 0 aliphatic heterocycles. The van der Waals surface area contributed by atoms with Gasteiger partial charge in [-0.2, -0.15) is 0 Å². The van der Waals surface area contributed by atoms with Gasteiger partial charge < -0.3 is 4.74 Å². The summed E-state index contributed by atoms with van der Waals surface area (Å²) in [7, 11) is 1.50. The molecular weight excluding hydrogens is 236 g/mol. The molecule has 106 valence electrons. The van der Waals surface area contributed by atoms with Crippen molar-refractivity contribution in [3.63, 3.8) is 0 Å². The van der Waals surface area contributed by atoms with E-state index in [0.29, 0.717) is 0 Å². The first-order chi connectivity index (χ1) is 9.18. The Bertz CT molecular complexity index is 372. The Hall–Kier alpha value is -1.31. The van der Waals surface area contributed by atoms with E-state index in [1.54, 1.807) is 0 Å². The first-order valence-corrected chi connectivity index (χ1v) is 7.31. The van der Waals surface area contributed by atoms with Crippen LogP contribution in [0.15, 0.2) is 30.3 Å². The van der Waals surface area contributed by atoms with Crippen molar-refractivity contribution in [2.45, 2.75) is 52.4 Å². The lowest BCUT2D eigenvalue weighted by Crippen LogP contribution is -2.32. The molecule has 1 unspecified atom stereocenters. The first kappa shape index (κ1) is 15.7. The van der Waals surface area contributed by atoms with Crippen LogP contribution in [0, 0.1) is 5.41 Å². The van der Waals surface area contributed by atoms with Gasteiger partial charge in [-0.25, -0.2) is 0 Å². The van der Waals surface area contributed by atoms with Crippen LogP contribution in [0.1, 0.15) is 51.5 Å². The summed E-state index contributed by atoms with van der Waals surface area (Å²) in [6.45, 7) is 4.26. The zero-order valence-electron chi connectivity index (χ0n) is 12.4. The summed E-state index contributed by atoms with van der Waals surface area (Å²) in [6, 6.07) is 10.4. The monoisotopic (exact) mass is 262 g/mol. The normalized spacial score (nSPS) is 13.8. The molecule has 0 spiro atoms. The second-order valence-electron chi connectivity index (χ2n) is 5.21. The van der Waals surface area contributed by atoms with E-state index >= 15 is 0 Å². The highest BCUT2D eigenvalue weighted by molar-refractivity contribution is 5.76. The largest absolute Gasteiger partial charge is 0.469 e. The number of carbonyl (C=O) groups is 1. The minimum Gasteiger partial charge on any atom is -0.469 e. The van der Waals surface area contributed by atoms with Crippen molar-refractivity contribution in [3.05, 3.63) is 35.9 Å². The number of rotatable bonds is 8. The molecule has 1 atom stereocenters. The van der Waals surface area contributed by atoms with Gasteiger partial charge in [0.2, 0.25) is 0 Å². The van der Waals surface area contributed by atoms with Gasteiger partial charge in [-0.3, -0.25) is 4.79 Å². The van der Waals surface area contributed by atoms with Gasteiger partial charge in [0, 0.05) is 0 Å². The molecule has 2 heteroatoms. The minimum absolute atomic E-state index is 0.0422. The van der Waals surface area contributed by atoms with Crippen LogP contribution >= 0.6 is 0 Å². The van der Waals surface area contributed by atoms with Crippen molar-refractivity contribution < 1.29 is 9.53 Å². The molecule has 0 amide bonds. The van der Waals surface area contributed by atoms with Crippen molar-refractivity contribution in [1.82, 2.24) is 0 Å². The standard InChI is InChI=1S/C17H26O2/c1-4-6-13-17(5-2,16(18)19-3)14-12-15-10-8-7-9-11-15/h7-11H,4-6,12-14H2,1-3H3. The number of aryl methyl sites for hydroxylation is 1. The quantitative estimate of drug-likeness (QED) is 0.650. The minimum atomic E-state index is -0.305. The van der Waals surface area contributed by atoms with E-state index in [-0.39, 0.29) is 11.4 Å². The Morgan fingerprint density at radius 1 is 1.16 bits per heavy atom. The molecule has 0 aromatic heterocycles. The number of unbranched alkanes of at least 4 members (excludes halogenated alkanes) is 1. The van der Waals surface area contributed by atoms with E-state index in [0.717, 1.165) is 38.5 Å². The molecule has 1 aromatic rings. The van der Waals surface area contributed by atoms with Crippen LogP contribution in [-0.2, 0) is 16.0 Å². The molecule has 0 N–H and O–H groups in total. The molecule has 1 aromatic carbocycles. The van der Waals surface area contributed by atoms with Gasteiger partial charge >= 0.3 is 5.97 Å². The predicted octanol–water partition coefficient (Wildman–Crippen LogP) is 4.38. The summed E-state index contributed by atoms with van der Waals surface area (Å²) < 4.78 is 5.05. The third-order valence-electron chi connectivity index (χ3n) is 4.04. The van der Waals surface area contributed by atoms with Crippen LogP contribution in [0.3, 0.4) is 0 Å². The van der Waals surface area contributed by atoms with E-state index in [2.05, 4.69) is 26.0 Å². The Balaban J connectivity index is 2.75. The van der Waals surface area contributed by atoms with Crippen LogP contribution in [0.5, 0.6) is 0 Å². The number of ether oxygens (including phenoxy) is 1. The summed E-state index contributed by atoms with van der Waals surface area (Å²) in [4.78, 5) is 12.2. The van der Waals surface area contributed by atoms with Crippen molar-refractivity contribution in [2.24, 2.45) is 5.41 Å². The third-order valence-corrected chi connectivity index (χ3v) is 4.04. The van der Waals surface area contributed by atoms with E-state index in [4.69, 9.17) is 4.74 Å². The van der Waals surface area contributed by atoms with E-state index in [1.165, 1.54) is 12.7 Å². The lowest BCUT2D eigenvalue weighted by atomic mass is 9.75. The average Bonchev–Trinajstić information content (AvgIpc) is 2.48. The predicted molar refractivity (Wildman–Crippen MR) is 79.0 cm³/mol. The van der Waals surface area contributed by atoms with Crippen molar-refractivity contribution in [3.8, 4) is 0 Å². The molecule has 0 radical (unpaired) electrons. The highest BCUT2D eigenvalue weighted by atomic mass is 16.5. The third kappa shape index (κ3) is 4.38. The van der Waals surface area contributed by atoms with Crippen molar-refractivity contribution >= 4 is 5.97 Å². The lowest BCUT2D eigenvalue weighted by molar-refractivity contribution is -0.154. The lowest BCUT2D eigenvalue weighted by Gasteiger charge is -2.30. The summed E-state index contributed by atoms with van der Waals surface area (Å²) in [5.74, 6) is -0.0422. The summed E-state index contributed by atoms with van der Waals surface area (Å²) in [5, 5.41) is 0. The second-order valence-corrected chi connectivity index (χ2v) is 5.21. The van der Waals surface area contributed by atoms with Crippen LogP contribution in [-0.4, -0.2) is 13.1 Å². The Morgan fingerprint density at radius 2 is 1.84 bits per heavy atom. The fourth-order valence-electron chi connectivity index (χ4n) is 2.59. The fraction of sp³-hybridized carbons (Fsp3) is 0.588. The second kappa shape index (κ2) is 7.98. The Morgan fingerprint density at radius 3 is 2.37 bits per heavy atom. The van der Waals surface area contributed by atoms with Crippen LogP contribution < -0.4 is 0 Å². The molecule has 1 rings (SSSR count). The zero-order chi connectivity index (χ0) is 14.1. The number of carbonyl (C=O) groups excluding carboxylic acids is 1. The average molecular weight is 262 g/mol. The van der Waals surface area contributed by atoms with Gasteiger partial charge in [-0.05, 0) is 31.2 Å². The number of hydrogen-bond donors (Lipinski definition) is 0. The molecule has 2 nitrogen and oxygen atoms in total. The maximum absolute atomic E-state index is 12.2. The van der Waals surface area contributed by atoms with Crippen LogP contribution in [0.2, 0.25) is 0 Å². The molecular formula is C17H26O2. The fourth-order valence-corrected chi connectivity index (χ4v) is 2.59. The zero-order valence-corrected chi connectivity index (χ0v) is 12.4. The highest BCUT2D eigenvalue weighted by Gasteiger charge is 2.36. The Labute approximate surface area is 117 Å². The van der Waals surface area contributed by atoms with Gasteiger partial charge in [0.15, 0.2) is 0 Å². The molecule has 0 heterocycles. The first-order valence-electron chi connectivity index (χ1n) is 7.31. The molecule has 0 bridgehead atoms. The molecule has 0 aliphatic carbocycles.